The molecule has 2 atom stereocenters. The van der Waals surface area contributed by atoms with Gasteiger partial charge in [-0.3, -0.25) is 24.6 Å². The van der Waals surface area contributed by atoms with Crippen LogP contribution < -0.4 is 21.3 Å². The van der Waals surface area contributed by atoms with Crippen LogP contribution in [0.2, 0.25) is 0 Å². The van der Waals surface area contributed by atoms with Crippen LogP contribution in [-0.4, -0.2) is 115 Å². The number of hydrogen-bond donors (Lipinski definition) is 5. The highest BCUT2D eigenvalue weighted by Gasteiger charge is 2.39. The summed E-state index contributed by atoms with van der Waals surface area (Å²) < 4.78 is 1.71. The SMILES string of the molecule is CC[C@@H](CO)Nc1nc(NCc2ccc(NC(=O)N3CCN(CCCCCc4cccc5c4CN(C4CCC(=O)NC4=O)C5=O)CC3)cc2)n2ncc(C(C)C)c2n1. The zero-order valence-corrected chi connectivity index (χ0v) is 33.7. The molecule has 4 aromatic rings. The summed E-state index contributed by atoms with van der Waals surface area (Å²) in [6, 6.07) is 12.7. The molecule has 0 aliphatic carbocycles. The van der Waals surface area contributed by atoms with E-state index in [0.717, 1.165) is 79.7 Å². The number of piperazine rings is 1. The maximum Gasteiger partial charge on any atom is 0.321 e. The number of urea groups is 1. The Kier molecular flexibility index (Phi) is 12.8. The van der Waals surface area contributed by atoms with Gasteiger partial charge in [0.1, 0.15) is 6.04 Å². The van der Waals surface area contributed by atoms with E-state index < -0.39 is 6.04 Å². The van der Waals surface area contributed by atoms with Gasteiger partial charge in [-0.1, -0.05) is 51.5 Å². The van der Waals surface area contributed by atoms with Crippen LogP contribution in [-0.2, 0) is 29.1 Å². The maximum atomic E-state index is 13.2. The summed E-state index contributed by atoms with van der Waals surface area (Å²) in [4.78, 5) is 65.6. The van der Waals surface area contributed by atoms with Crippen molar-refractivity contribution in [2.75, 3.05) is 55.3 Å². The van der Waals surface area contributed by atoms with Crippen molar-refractivity contribution in [2.45, 2.75) is 96.8 Å². The van der Waals surface area contributed by atoms with Crippen molar-refractivity contribution in [3.05, 3.63) is 76.5 Å². The Labute approximate surface area is 338 Å². The minimum Gasteiger partial charge on any atom is -0.394 e. The first kappa shape index (κ1) is 40.6. The number of nitrogens with zero attached hydrogens (tertiary/aromatic N) is 7. The number of aliphatic hydroxyl groups excluding tert-OH is 1. The largest absolute Gasteiger partial charge is 0.394 e. The van der Waals surface area contributed by atoms with Gasteiger partial charge in [0.25, 0.3) is 5.91 Å². The molecule has 2 aromatic carbocycles. The van der Waals surface area contributed by atoms with E-state index in [-0.39, 0.29) is 48.7 Å². The predicted molar refractivity (Wildman–Crippen MR) is 221 cm³/mol. The standard InChI is InChI=1S/C42H55N11O5/c1-4-30(26-54)45-40-48-37-33(27(2)3)24-44-53(37)41(49-40)43-23-28-12-14-31(15-13-28)46-42(58)51-21-19-50(20-22-51)18-7-5-6-9-29-10-8-11-32-34(29)25-52(39(32)57)35-16-17-36(55)47-38(35)56/h8,10-15,24,27,30,35,54H,4-7,9,16-23,25-26H2,1-3H3,(H,46,58)(H,47,55,56)(H2,43,45,48,49)/t30-,35?/m0/s1. The zero-order chi connectivity index (χ0) is 40.8. The average Bonchev–Trinajstić information content (AvgIpc) is 3.81. The number of benzene rings is 2. The molecule has 5 N–H and O–H groups in total. The van der Waals surface area contributed by atoms with Crippen LogP contribution >= 0.6 is 0 Å². The van der Waals surface area contributed by atoms with Gasteiger partial charge in [-0.25, -0.2) is 4.79 Å². The van der Waals surface area contributed by atoms with E-state index in [1.165, 1.54) is 0 Å². The number of anilines is 3. The molecule has 0 radical (unpaired) electrons. The first-order valence-corrected chi connectivity index (χ1v) is 20.6. The highest BCUT2D eigenvalue weighted by Crippen LogP contribution is 2.31. The molecule has 5 heterocycles. The van der Waals surface area contributed by atoms with Gasteiger partial charge in [0.05, 0.1) is 18.8 Å². The minimum atomic E-state index is -0.603. The molecular formula is C42H55N11O5. The van der Waals surface area contributed by atoms with Crippen molar-refractivity contribution >= 4 is 47.0 Å². The first-order chi connectivity index (χ1) is 28.1. The second kappa shape index (κ2) is 18.3. The number of aromatic nitrogens is 4. The molecule has 7 rings (SSSR count). The Morgan fingerprint density at radius 2 is 1.79 bits per heavy atom. The van der Waals surface area contributed by atoms with Crippen molar-refractivity contribution in [1.29, 1.82) is 0 Å². The van der Waals surface area contributed by atoms with Gasteiger partial charge >= 0.3 is 6.03 Å². The number of aryl methyl sites for hydroxylation is 1. The fourth-order valence-electron chi connectivity index (χ4n) is 7.92. The monoisotopic (exact) mass is 793 g/mol. The number of nitrogens with one attached hydrogen (secondary N) is 4. The van der Waals surface area contributed by atoms with Crippen LogP contribution in [0, 0.1) is 0 Å². The fraction of sp³-hybridized carbons (Fsp3) is 0.500. The Morgan fingerprint density at radius 1 is 1.00 bits per heavy atom. The number of piperidine rings is 1. The molecule has 308 valence electrons. The summed E-state index contributed by atoms with van der Waals surface area (Å²) >= 11 is 0. The zero-order valence-electron chi connectivity index (χ0n) is 33.7. The lowest BCUT2D eigenvalue weighted by Crippen LogP contribution is -2.52. The van der Waals surface area contributed by atoms with Gasteiger partial charge in [0, 0.05) is 62.5 Å². The normalized spacial score (nSPS) is 17.8. The smallest absolute Gasteiger partial charge is 0.321 e. The number of aliphatic hydroxyl groups is 1. The fourth-order valence-corrected chi connectivity index (χ4v) is 7.92. The Hall–Kier alpha value is -5.61. The topological polar surface area (TPSA) is 189 Å². The van der Waals surface area contributed by atoms with Gasteiger partial charge in [-0.05, 0) is 79.5 Å². The molecule has 5 amide bonds. The molecule has 2 fully saturated rings. The molecule has 3 aliphatic rings. The van der Waals surface area contributed by atoms with E-state index in [2.05, 4.69) is 56.2 Å². The summed E-state index contributed by atoms with van der Waals surface area (Å²) in [7, 11) is 0. The van der Waals surface area contributed by atoms with Crippen molar-refractivity contribution in [3.63, 3.8) is 0 Å². The van der Waals surface area contributed by atoms with Gasteiger partial charge in [0.2, 0.25) is 23.7 Å². The molecule has 3 aliphatic heterocycles. The second-order valence-electron chi connectivity index (χ2n) is 15.8. The second-order valence-corrected chi connectivity index (χ2v) is 15.8. The van der Waals surface area contributed by atoms with Crippen molar-refractivity contribution in [2.24, 2.45) is 0 Å². The third-order valence-electron chi connectivity index (χ3n) is 11.5. The third kappa shape index (κ3) is 9.23. The van der Waals surface area contributed by atoms with E-state index in [4.69, 9.17) is 4.98 Å². The van der Waals surface area contributed by atoms with Crippen LogP contribution in [0.3, 0.4) is 0 Å². The quantitative estimate of drug-likeness (QED) is 0.0801. The maximum absolute atomic E-state index is 13.2. The molecule has 1 unspecified atom stereocenters. The van der Waals surface area contributed by atoms with E-state index in [0.29, 0.717) is 55.7 Å². The van der Waals surface area contributed by atoms with E-state index in [9.17, 15) is 24.3 Å². The van der Waals surface area contributed by atoms with Crippen molar-refractivity contribution in [1.82, 2.24) is 39.6 Å². The van der Waals surface area contributed by atoms with Crippen LogP contribution in [0.4, 0.5) is 22.4 Å². The Morgan fingerprint density at radius 3 is 2.52 bits per heavy atom. The molecule has 0 saturated carbocycles. The Bertz CT molecular complexity index is 2110. The van der Waals surface area contributed by atoms with E-state index in [1.54, 1.807) is 9.42 Å². The lowest BCUT2D eigenvalue weighted by atomic mass is 9.98. The summed E-state index contributed by atoms with van der Waals surface area (Å²) in [6.07, 6.45) is 7.12. The first-order valence-electron chi connectivity index (χ1n) is 20.6. The van der Waals surface area contributed by atoms with Gasteiger partial charge in [-0.2, -0.15) is 19.6 Å². The Balaban J connectivity index is 0.828. The van der Waals surface area contributed by atoms with Crippen LogP contribution in [0.1, 0.15) is 97.8 Å². The molecule has 0 bridgehead atoms. The minimum absolute atomic E-state index is 0.0205. The molecule has 16 heteroatoms. The van der Waals surface area contributed by atoms with Gasteiger partial charge in [0.15, 0.2) is 5.65 Å². The van der Waals surface area contributed by atoms with Crippen LogP contribution in [0.15, 0.2) is 48.7 Å². The predicted octanol–water partition coefficient (Wildman–Crippen LogP) is 4.37. The van der Waals surface area contributed by atoms with Crippen molar-refractivity contribution < 1.29 is 24.3 Å². The molecule has 2 saturated heterocycles. The van der Waals surface area contributed by atoms with E-state index in [1.807, 2.05) is 54.4 Å². The lowest BCUT2D eigenvalue weighted by Gasteiger charge is -2.34. The molecule has 0 spiro atoms. The summed E-state index contributed by atoms with van der Waals surface area (Å²) in [5.41, 5.74) is 6.28. The number of hydrogen-bond acceptors (Lipinski definition) is 11. The highest BCUT2D eigenvalue weighted by molar-refractivity contribution is 6.05. The average molecular weight is 794 g/mol. The summed E-state index contributed by atoms with van der Waals surface area (Å²) in [5.74, 6) is 0.397. The number of amides is 5. The number of unbranched alkanes of at least 4 members (excludes halogenated alkanes) is 2. The molecule has 2 aromatic heterocycles. The highest BCUT2D eigenvalue weighted by atomic mass is 16.3. The van der Waals surface area contributed by atoms with Crippen LogP contribution in [0.25, 0.3) is 5.65 Å². The number of carbonyl (C=O) groups excluding carboxylic acids is 4. The molecule has 16 nitrogen and oxygen atoms in total. The lowest BCUT2D eigenvalue weighted by molar-refractivity contribution is -0.136. The third-order valence-corrected chi connectivity index (χ3v) is 11.5. The number of carbonyl (C=O) groups is 4. The number of imide groups is 1. The summed E-state index contributed by atoms with van der Waals surface area (Å²) in [6.45, 7) is 11.0. The van der Waals surface area contributed by atoms with E-state index >= 15 is 0 Å². The number of rotatable bonds is 16. The van der Waals surface area contributed by atoms with Crippen LogP contribution in [0.5, 0.6) is 0 Å². The summed E-state index contributed by atoms with van der Waals surface area (Å²) in [5, 5.41) is 26.3. The molecular weight excluding hydrogens is 739 g/mol. The molecule has 58 heavy (non-hydrogen) atoms. The number of fused-ring (bicyclic) bond motifs is 2. The van der Waals surface area contributed by atoms with Crippen molar-refractivity contribution in [3.8, 4) is 0 Å². The van der Waals surface area contributed by atoms with Gasteiger partial charge < -0.3 is 30.9 Å². The van der Waals surface area contributed by atoms with Gasteiger partial charge in [-0.15, -0.1) is 0 Å².